The molecular weight excluding hydrogens is 212 g/mol. The van der Waals surface area contributed by atoms with Crippen LogP contribution in [0.25, 0.3) is 11.3 Å². The molecule has 1 heterocycles. The van der Waals surface area contributed by atoms with Crippen LogP contribution in [0.5, 0.6) is 5.75 Å². The minimum Gasteiger partial charge on any atom is -0.496 e. The van der Waals surface area contributed by atoms with Gasteiger partial charge >= 0.3 is 0 Å². The average molecular weight is 228 g/mol. The lowest BCUT2D eigenvalue weighted by Crippen LogP contribution is -1.95. The number of aromatic nitrogens is 1. The standard InChI is InChI=1S/C14H16N2O/c1-9-4-5-13(17-3)12(6-9)14-10(2)7-11(15)8-16-14/h4-8H,15H2,1-3H3. The van der Waals surface area contributed by atoms with Crippen LogP contribution in [-0.2, 0) is 0 Å². The van der Waals surface area contributed by atoms with Gasteiger partial charge in [0.05, 0.1) is 24.7 Å². The Morgan fingerprint density at radius 3 is 2.59 bits per heavy atom. The molecule has 0 saturated heterocycles. The van der Waals surface area contributed by atoms with Crippen molar-refractivity contribution < 1.29 is 4.74 Å². The minimum atomic E-state index is 0.679. The van der Waals surface area contributed by atoms with Gasteiger partial charge in [0.15, 0.2) is 0 Å². The van der Waals surface area contributed by atoms with E-state index in [0.717, 1.165) is 22.6 Å². The van der Waals surface area contributed by atoms with E-state index >= 15 is 0 Å². The molecule has 0 saturated carbocycles. The molecule has 1 aromatic heterocycles. The predicted octanol–water partition coefficient (Wildman–Crippen LogP) is 2.96. The van der Waals surface area contributed by atoms with Crippen LogP contribution >= 0.6 is 0 Å². The van der Waals surface area contributed by atoms with Crippen molar-refractivity contribution in [3.63, 3.8) is 0 Å². The van der Waals surface area contributed by atoms with Crippen molar-refractivity contribution in [3.05, 3.63) is 41.6 Å². The number of nitrogens with two attached hydrogens (primary N) is 1. The molecule has 2 aromatic rings. The van der Waals surface area contributed by atoms with Gasteiger partial charge in [-0.15, -0.1) is 0 Å². The number of anilines is 1. The van der Waals surface area contributed by atoms with Gasteiger partial charge in [-0.05, 0) is 37.6 Å². The number of nitrogen functional groups attached to an aromatic ring is 1. The van der Waals surface area contributed by atoms with Crippen molar-refractivity contribution in [2.45, 2.75) is 13.8 Å². The van der Waals surface area contributed by atoms with Crippen molar-refractivity contribution >= 4 is 5.69 Å². The van der Waals surface area contributed by atoms with Gasteiger partial charge in [0.1, 0.15) is 5.75 Å². The fourth-order valence-corrected chi connectivity index (χ4v) is 1.89. The van der Waals surface area contributed by atoms with E-state index < -0.39 is 0 Å². The van der Waals surface area contributed by atoms with Gasteiger partial charge in [0.25, 0.3) is 0 Å². The molecule has 2 rings (SSSR count). The Balaban J connectivity index is 2.62. The molecule has 0 atom stereocenters. The van der Waals surface area contributed by atoms with E-state index in [0.29, 0.717) is 5.69 Å². The number of nitrogens with zero attached hydrogens (tertiary/aromatic N) is 1. The Hall–Kier alpha value is -2.03. The summed E-state index contributed by atoms with van der Waals surface area (Å²) in [4.78, 5) is 4.39. The van der Waals surface area contributed by atoms with Crippen molar-refractivity contribution in [2.24, 2.45) is 0 Å². The molecule has 0 unspecified atom stereocenters. The summed E-state index contributed by atoms with van der Waals surface area (Å²) in [5.41, 5.74) is 10.5. The largest absolute Gasteiger partial charge is 0.496 e. The van der Waals surface area contributed by atoms with Crippen molar-refractivity contribution in [2.75, 3.05) is 12.8 Å². The molecular formula is C14H16N2O. The second kappa shape index (κ2) is 4.45. The van der Waals surface area contributed by atoms with Crippen molar-refractivity contribution in [1.82, 2.24) is 4.98 Å². The van der Waals surface area contributed by atoms with Crippen LogP contribution in [0.1, 0.15) is 11.1 Å². The number of pyridine rings is 1. The zero-order valence-electron chi connectivity index (χ0n) is 10.3. The summed E-state index contributed by atoms with van der Waals surface area (Å²) in [6.07, 6.45) is 1.67. The van der Waals surface area contributed by atoms with Crippen LogP contribution < -0.4 is 10.5 Å². The van der Waals surface area contributed by atoms with Crippen LogP contribution in [0.4, 0.5) is 5.69 Å². The van der Waals surface area contributed by atoms with Crippen molar-refractivity contribution in [1.29, 1.82) is 0 Å². The molecule has 0 spiro atoms. The second-order valence-electron chi connectivity index (χ2n) is 4.14. The highest BCUT2D eigenvalue weighted by Crippen LogP contribution is 2.31. The van der Waals surface area contributed by atoms with E-state index in [1.807, 2.05) is 25.1 Å². The first kappa shape index (κ1) is 11.5. The summed E-state index contributed by atoms with van der Waals surface area (Å²) in [5.74, 6) is 0.830. The van der Waals surface area contributed by atoms with Crippen molar-refractivity contribution in [3.8, 4) is 17.0 Å². The molecule has 0 aliphatic carbocycles. The topological polar surface area (TPSA) is 48.1 Å². The Morgan fingerprint density at radius 2 is 1.94 bits per heavy atom. The predicted molar refractivity (Wildman–Crippen MR) is 70.1 cm³/mol. The third-order valence-corrected chi connectivity index (χ3v) is 2.71. The Morgan fingerprint density at radius 1 is 1.18 bits per heavy atom. The Kier molecular flexibility index (Phi) is 3.00. The quantitative estimate of drug-likeness (QED) is 0.859. The summed E-state index contributed by atoms with van der Waals surface area (Å²) in [5, 5.41) is 0. The number of ether oxygens (including phenoxy) is 1. The number of methoxy groups -OCH3 is 1. The highest BCUT2D eigenvalue weighted by Gasteiger charge is 2.10. The number of rotatable bonds is 2. The Labute approximate surface area is 101 Å². The Bertz CT molecular complexity index is 550. The summed E-state index contributed by atoms with van der Waals surface area (Å²) >= 11 is 0. The molecule has 0 fully saturated rings. The van der Waals surface area contributed by atoms with Gasteiger partial charge < -0.3 is 10.5 Å². The van der Waals surface area contributed by atoms with Crippen LogP contribution in [-0.4, -0.2) is 12.1 Å². The van der Waals surface area contributed by atoms with Gasteiger partial charge in [0, 0.05) is 5.56 Å². The molecule has 2 N–H and O–H groups in total. The van der Waals surface area contributed by atoms with E-state index in [4.69, 9.17) is 10.5 Å². The summed E-state index contributed by atoms with van der Waals surface area (Å²) in [6, 6.07) is 7.98. The van der Waals surface area contributed by atoms with Gasteiger partial charge in [0.2, 0.25) is 0 Å². The van der Waals surface area contributed by atoms with Crippen LogP contribution in [0.2, 0.25) is 0 Å². The summed E-state index contributed by atoms with van der Waals surface area (Å²) < 4.78 is 5.37. The summed E-state index contributed by atoms with van der Waals surface area (Å²) in [6.45, 7) is 4.05. The number of hydrogen-bond acceptors (Lipinski definition) is 3. The monoisotopic (exact) mass is 228 g/mol. The van der Waals surface area contributed by atoms with E-state index in [1.54, 1.807) is 13.3 Å². The molecule has 17 heavy (non-hydrogen) atoms. The first-order chi connectivity index (χ1) is 8.11. The fraction of sp³-hybridized carbons (Fsp3) is 0.214. The van der Waals surface area contributed by atoms with Crippen LogP contribution in [0.15, 0.2) is 30.5 Å². The second-order valence-corrected chi connectivity index (χ2v) is 4.14. The smallest absolute Gasteiger partial charge is 0.128 e. The lowest BCUT2D eigenvalue weighted by Gasteiger charge is -2.11. The van der Waals surface area contributed by atoms with E-state index in [-0.39, 0.29) is 0 Å². The number of aryl methyl sites for hydroxylation is 2. The van der Waals surface area contributed by atoms with E-state index in [2.05, 4.69) is 18.0 Å². The first-order valence-electron chi connectivity index (χ1n) is 5.49. The fourth-order valence-electron chi connectivity index (χ4n) is 1.89. The minimum absolute atomic E-state index is 0.679. The normalized spacial score (nSPS) is 10.3. The molecule has 0 amide bonds. The van der Waals surface area contributed by atoms with Crippen LogP contribution in [0.3, 0.4) is 0 Å². The highest BCUT2D eigenvalue weighted by atomic mass is 16.5. The SMILES string of the molecule is COc1ccc(C)cc1-c1ncc(N)cc1C. The molecule has 88 valence electrons. The highest BCUT2D eigenvalue weighted by molar-refractivity contribution is 5.71. The molecule has 0 aliphatic heterocycles. The zero-order chi connectivity index (χ0) is 12.4. The maximum Gasteiger partial charge on any atom is 0.128 e. The summed E-state index contributed by atoms with van der Waals surface area (Å²) in [7, 11) is 1.67. The van der Waals surface area contributed by atoms with E-state index in [1.165, 1.54) is 5.56 Å². The lowest BCUT2D eigenvalue weighted by atomic mass is 10.0. The van der Waals surface area contributed by atoms with E-state index in [9.17, 15) is 0 Å². The first-order valence-corrected chi connectivity index (χ1v) is 5.49. The number of benzene rings is 1. The molecule has 0 bridgehead atoms. The third kappa shape index (κ3) is 2.23. The molecule has 0 aliphatic rings. The van der Waals surface area contributed by atoms with Gasteiger partial charge in [-0.3, -0.25) is 4.98 Å². The van der Waals surface area contributed by atoms with Crippen LogP contribution in [0, 0.1) is 13.8 Å². The van der Waals surface area contributed by atoms with Gasteiger partial charge in [-0.1, -0.05) is 11.6 Å². The number of hydrogen-bond donors (Lipinski definition) is 1. The van der Waals surface area contributed by atoms with Gasteiger partial charge in [-0.25, -0.2) is 0 Å². The molecule has 3 heteroatoms. The molecule has 0 radical (unpaired) electrons. The van der Waals surface area contributed by atoms with Gasteiger partial charge in [-0.2, -0.15) is 0 Å². The third-order valence-electron chi connectivity index (χ3n) is 2.71. The average Bonchev–Trinajstić information content (AvgIpc) is 2.29. The maximum atomic E-state index is 5.71. The zero-order valence-corrected chi connectivity index (χ0v) is 10.3. The maximum absolute atomic E-state index is 5.71. The molecule has 1 aromatic carbocycles. The lowest BCUT2D eigenvalue weighted by molar-refractivity contribution is 0.416. The molecule has 3 nitrogen and oxygen atoms in total.